The minimum Gasteiger partial charge on any atom is -0.340 e. The number of H-pyrrole nitrogens is 1. The van der Waals surface area contributed by atoms with Crippen molar-refractivity contribution in [3.63, 3.8) is 0 Å². The number of rotatable bonds is 7. The predicted octanol–water partition coefficient (Wildman–Crippen LogP) is 3.21. The quantitative estimate of drug-likeness (QED) is 0.609. The zero-order valence-corrected chi connectivity index (χ0v) is 17.3. The third kappa shape index (κ3) is 4.77. The molecule has 0 spiro atoms. The van der Waals surface area contributed by atoms with Crippen LogP contribution in [0.25, 0.3) is 17.1 Å². The van der Waals surface area contributed by atoms with E-state index in [1.807, 2.05) is 54.6 Å². The summed E-state index contributed by atoms with van der Waals surface area (Å²) in [5.74, 6) is 0.709. The lowest BCUT2D eigenvalue weighted by molar-refractivity contribution is -0.132. The first-order valence-corrected chi connectivity index (χ1v) is 11.5. The fourth-order valence-electron chi connectivity index (χ4n) is 3.70. The maximum absolute atomic E-state index is 12.7. The molecule has 1 aliphatic heterocycles. The van der Waals surface area contributed by atoms with Gasteiger partial charge in [-0.3, -0.25) is 4.79 Å². The van der Waals surface area contributed by atoms with E-state index in [1.54, 1.807) is 4.90 Å². The summed E-state index contributed by atoms with van der Waals surface area (Å²) < 4.78 is 26.8. The Morgan fingerprint density at radius 1 is 1.17 bits per heavy atom. The molecule has 2 N–H and O–H groups in total. The van der Waals surface area contributed by atoms with Crippen LogP contribution in [0.3, 0.4) is 0 Å². The number of carbonyl (C=O) groups excluding carboxylic acids is 1. The SMILES string of the molecule is O=C(CCNS(=O)(=O)/C=C/c1ccccc1)N1CCCC1c1nc2ccccc2[nH]1. The zero-order valence-electron chi connectivity index (χ0n) is 16.5. The van der Waals surface area contributed by atoms with Crippen LogP contribution in [0.2, 0.25) is 0 Å². The molecule has 0 aliphatic carbocycles. The molecule has 1 atom stereocenters. The van der Waals surface area contributed by atoms with E-state index >= 15 is 0 Å². The van der Waals surface area contributed by atoms with E-state index in [0.717, 1.165) is 40.7 Å². The van der Waals surface area contributed by atoms with Gasteiger partial charge in [0.1, 0.15) is 5.82 Å². The number of sulfonamides is 1. The van der Waals surface area contributed by atoms with Crippen LogP contribution in [0.1, 0.15) is 36.7 Å². The largest absolute Gasteiger partial charge is 0.340 e. The van der Waals surface area contributed by atoms with Crippen LogP contribution in [0.15, 0.2) is 60.0 Å². The number of aromatic nitrogens is 2. The first kappa shape index (κ1) is 20.3. The second kappa shape index (κ2) is 8.81. The summed E-state index contributed by atoms with van der Waals surface area (Å²) >= 11 is 0. The lowest BCUT2D eigenvalue weighted by Gasteiger charge is -2.23. The van der Waals surface area contributed by atoms with E-state index in [9.17, 15) is 13.2 Å². The summed E-state index contributed by atoms with van der Waals surface area (Å²) in [4.78, 5) is 22.5. The number of nitrogens with zero attached hydrogens (tertiary/aromatic N) is 2. The van der Waals surface area contributed by atoms with Crippen LogP contribution in [-0.2, 0) is 14.8 Å². The second-order valence-electron chi connectivity index (χ2n) is 7.29. The van der Waals surface area contributed by atoms with Gasteiger partial charge in [-0.25, -0.2) is 18.1 Å². The van der Waals surface area contributed by atoms with Crippen molar-refractivity contribution in [3.8, 4) is 0 Å². The van der Waals surface area contributed by atoms with E-state index in [2.05, 4.69) is 14.7 Å². The first-order chi connectivity index (χ1) is 14.5. The van der Waals surface area contributed by atoms with E-state index in [4.69, 9.17) is 0 Å². The Labute approximate surface area is 175 Å². The minimum absolute atomic E-state index is 0.0592. The fraction of sp³-hybridized carbons (Fsp3) is 0.273. The third-order valence-electron chi connectivity index (χ3n) is 5.18. The Morgan fingerprint density at radius 2 is 1.93 bits per heavy atom. The molecule has 2 heterocycles. The average Bonchev–Trinajstić information content (AvgIpc) is 3.39. The third-order valence-corrected chi connectivity index (χ3v) is 6.28. The van der Waals surface area contributed by atoms with Crippen LogP contribution >= 0.6 is 0 Å². The highest BCUT2D eigenvalue weighted by molar-refractivity contribution is 7.92. The number of aromatic amines is 1. The summed E-state index contributed by atoms with van der Waals surface area (Å²) in [6, 6.07) is 16.9. The summed E-state index contributed by atoms with van der Waals surface area (Å²) in [7, 11) is -3.60. The number of benzene rings is 2. The molecule has 4 rings (SSSR count). The maximum atomic E-state index is 12.7. The van der Waals surface area contributed by atoms with Gasteiger partial charge in [0.05, 0.1) is 17.1 Å². The van der Waals surface area contributed by atoms with Gasteiger partial charge in [-0.2, -0.15) is 0 Å². The Kier molecular flexibility index (Phi) is 5.96. The number of fused-ring (bicyclic) bond motifs is 1. The van der Waals surface area contributed by atoms with Crippen molar-refractivity contribution in [2.24, 2.45) is 0 Å². The highest BCUT2D eigenvalue weighted by Crippen LogP contribution is 2.31. The van der Waals surface area contributed by atoms with Gasteiger partial charge in [0, 0.05) is 24.9 Å². The molecule has 8 heteroatoms. The molecule has 1 saturated heterocycles. The number of likely N-dealkylation sites (tertiary alicyclic amines) is 1. The van der Waals surface area contributed by atoms with Crippen molar-refractivity contribution in [2.45, 2.75) is 25.3 Å². The predicted molar refractivity (Wildman–Crippen MR) is 117 cm³/mol. The number of nitrogens with one attached hydrogen (secondary N) is 2. The molecular formula is C22H24N4O3S. The smallest absolute Gasteiger partial charge is 0.233 e. The average molecular weight is 425 g/mol. The number of hydrogen-bond acceptors (Lipinski definition) is 4. The Morgan fingerprint density at radius 3 is 2.73 bits per heavy atom. The van der Waals surface area contributed by atoms with Crippen molar-refractivity contribution < 1.29 is 13.2 Å². The van der Waals surface area contributed by atoms with Crippen molar-refractivity contribution in [2.75, 3.05) is 13.1 Å². The second-order valence-corrected chi connectivity index (χ2v) is 8.94. The summed E-state index contributed by atoms with van der Waals surface area (Å²) in [6.07, 6.45) is 3.38. The molecule has 2 aromatic carbocycles. The van der Waals surface area contributed by atoms with E-state index in [0.29, 0.717) is 6.54 Å². The molecule has 0 bridgehead atoms. The molecule has 1 aliphatic rings. The molecule has 0 saturated carbocycles. The molecule has 3 aromatic rings. The summed E-state index contributed by atoms with van der Waals surface area (Å²) in [6.45, 7) is 0.713. The number of para-hydroxylation sites is 2. The van der Waals surface area contributed by atoms with E-state index < -0.39 is 10.0 Å². The van der Waals surface area contributed by atoms with Gasteiger partial charge in [-0.15, -0.1) is 0 Å². The number of hydrogen-bond donors (Lipinski definition) is 2. The van der Waals surface area contributed by atoms with E-state index in [-0.39, 0.29) is 24.9 Å². The molecule has 1 amide bonds. The van der Waals surface area contributed by atoms with Gasteiger partial charge in [-0.05, 0) is 36.6 Å². The standard InChI is InChI=1S/C22H24N4O3S/c27-21(12-14-23-30(28,29)16-13-17-7-2-1-3-8-17)26-15-6-11-20(26)22-24-18-9-4-5-10-19(18)25-22/h1-5,7-10,13,16,20,23H,6,11-12,14-15H2,(H,24,25)/b16-13+. The van der Waals surface area contributed by atoms with Gasteiger partial charge in [0.15, 0.2) is 0 Å². The van der Waals surface area contributed by atoms with Gasteiger partial charge in [0.25, 0.3) is 0 Å². The molecule has 7 nitrogen and oxygen atoms in total. The number of imidazole rings is 1. The maximum Gasteiger partial charge on any atom is 0.233 e. The van der Waals surface area contributed by atoms with Crippen LogP contribution < -0.4 is 4.72 Å². The van der Waals surface area contributed by atoms with Gasteiger partial charge in [-0.1, -0.05) is 42.5 Å². The monoisotopic (exact) mass is 424 g/mol. The topological polar surface area (TPSA) is 95.2 Å². The summed E-state index contributed by atoms with van der Waals surface area (Å²) in [5, 5.41) is 1.12. The highest BCUT2D eigenvalue weighted by atomic mass is 32.2. The minimum atomic E-state index is -3.60. The molecular weight excluding hydrogens is 400 g/mol. The normalized spacial score (nSPS) is 17.2. The van der Waals surface area contributed by atoms with Crippen LogP contribution in [0.4, 0.5) is 0 Å². The van der Waals surface area contributed by atoms with Crippen LogP contribution in [-0.4, -0.2) is 42.3 Å². The first-order valence-electron chi connectivity index (χ1n) is 9.99. The van der Waals surface area contributed by atoms with Crippen LogP contribution in [0, 0.1) is 0 Å². The lowest BCUT2D eigenvalue weighted by Crippen LogP contribution is -2.34. The van der Waals surface area contributed by atoms with Crippen molar-refractivity contribution >= 4 is 33.0 Å². The lowest BCUT2D eigenvalue weighted by atomic mass is 10.2. The fourth-order valence-corrected chi connectivity index (χ4v) is 4.52. The highest BCUT2D eigenvalue weighted by Gasteiger charge is 2.31. The molecule has 1 aromatic heterocycles. The molecule has 1 unspecified atom stereocenters. The molecule has 1 fully saturated rings. The van der Waals surface area contributed by atoms with E-state index in [1.165, 1.54) is 6.08 Å². The van der Waals surface area contributed by atoms with Gasteiger partial charge >= 0.3 is 0 Å². The van der Waals surface area contributed by atoms with Crippen LogP contribution in [0.5, 0.6) is 0 Å². The Balaban J connectivity index is 1.34. The Bertz CT molecular complexity index is 1120. The number of carbonyl (C=O) groups is 1. The summed E-state index contributed by atoms with van der Waals surface area (Å²) in [5.41, 5.74) is 2.62. The molecule has 0 radical (unpaired) electrons. The van der Waals surface area contributed by atoms with Gasteiger partial charge in [0.2, 0.25) is 15.9 Å². The number of amides is 1. The Hall–Kier alpha value is -2.97. The molecule has 156 valence electrons. The van der Waals surface area contributed by atoms with Crippen molar-refractivity contribution in [3.05, 3.63) is 71.4 Å². The van der Waals surface area contributed by atoms with Crippen molar-refractivity contribution in [1.82, 2.24) is 19.6 Å². The van der Waals surface area contributed by atoms with Gasteiger partial charge < -0.3 is 9.88 Å². The zero-order chi connectivity index (χ0) is 21.0. The van der Waals surface area contributed by atoms with Crippen molar-refractivity contribution in [1.29, 1.82) is 0 Å². The molecule has 30 heavy (non-hydrogen) atoms.